The molecule has 0 bridgehead atoms. The van der Waals surface area contributed by atoms with Gasteiger partial charge in [0.05, 0.1) is 5.69 Å². The van der Waals surface area contributed by atoms with Crippen molar-refractivity contribution >= 4 is 11.6 Å². The zero-order valence-corrected chi connectivity index (χ0v) is 10.6. The minimum absolute atomic E-state index is 0.121. The van der Waals surface area contributed by atoms with Gasteiger partial charge in [-0.15, -0.1) is 0 Å². The number of aryl methyl sites for hydroxylation is 1. The molecule has 1 fully saturated rings. The van der Waals surface area contributed by atoms with E-state index >= 15 is 0 Å². The van der Waals surface area contributed by atoms with E-state index < -0.39 is 17.7 Å². The fraction of sp³-hybridized carbons (Fsp3) is 0.308. The van der Waals surface area contributed by atoms with Crippen LogP contribution in [0.3, 0.4) is 0 Å². The molecule has 0 radical (unpaired) electrons. The zero-order chi connectivity index (χ0) is 14.3. The fourth-order valence-electron chi connectivity index (χ4n) is 1.92. The van der Waals surface area contributed by atoms with Crippen molar-refractivity contribution in [3.8, 4) is 0 Å². The van der Waals surface area contributed by atoms with Crippen LogP contribution in [0.5, 0.6) is 0 Å². The van der Waals surface area contributed by atoms with Crippen LogP contribution in [0.1, 0.15) is 30.1 Å². The predicted molar refractivity (Wildman–Crippen MR) is 66.1 cm³/mol. The molecule has 0 unspecified atom stereocenters. The lowest BCUT2D eigenvalue weighted by Gasteiger charge is -2.08. The van der Waals surface area contributed by atoms with Gasteiger partial charge in [0.2, 0.25) is 17.7 Å². The molecule has 0 aliphatic heterocycles. The van der Waals surface area contributed by atoms with Crippen molar-refractivity contribution in [1.82, 2.24) is 15.0 Å². The third-order valence-corrected chi connectivity index (χ3v) is 3.00. The average molecular weight is 280 g/mol. The Morgan fingerprint density at radius 1 is 1.10 bits per heavy atom. The second-order valence-electron chi connectivity index (χ2n) is 4.75. The molecule has 3 rings (SSSR count). The summed E-state index contributed by atoms with van der Waals surface area (Å²) in [5.74, 6) is -3.35. The van der Waals surface area contributed by atoms with Crippen LogP contribution in [-0.4, -0.2) is 15.0 Å². The van der Waals surface area contributed by atoms with Gasteiger partial charge in [0, 0.05) is 23.4 Å². The Morgan fingerprint density at radius 3 is 2.55 bits per heavy atom. The Bertz CT molecular complexity index is 671. The number of pyridine rings is 1. The molecule has 0 saturated heterocycles. The molecule has 1 N–H and O–H groups in total. The number of hydrogen-bond acceptors (Lipinski definition) is 4. The predicted octanol–water partition coefficient (Wildman–Crippen LogP) is 3.22. The number of nitrogens with one attached hydrogen (secondary N) is 1. The van der Waals surface area contributed by atoms with E-state index in [2.05, 4.69) is 20.3 Å². The number of rotatable bonds is 3. The largest absolute Gasteiger partial charge is 0.321 e. The van der Waals surface area contributed by atoms with E-state index in [1.165, 1.54) is 0 Å². The van der Waals surface area contributed by atoms with Gasteiger partial charge in [-0.3, -0.25) is 0 Å². The summed E-state index contributed by atoms with van der Waals surface area (Å²) < 4.78 is 39.6. The Kier molecular flexibility index (Phi) is 3.04. The second kappa shape index (κ2) is 4.73. The van der Waals surface area contributed by atoms with Crippen molar-refractivity contribution in [3.05, 3.63) is 41.2 Å². The molecule has 0 amide bonds. The van der Waals surface area contributed by atoms with Crippen molar-refractivity contribution < 1.29 is 13.2 Å². The van der Waals surface area contributed by atoms with E-state index in [1.807, 2.05) is 6.07 Å². The fourth-order valence-corrected chi connectivity index (χ4v) is 1.92. The minimum Gasteiger partial charge on any atom is -0.321 e. The molecule has 2 aromatic heterocycles. The molecular formula is C13H11F3N4. The summed E-state index contributed by atoms with van der Waals surface area (Å²) >= 11 is 0. The Hall–Kier alpha value is -2.18. The lowest BCUT2D eigenvalue weighted by molar-refractivity contribution is 0.450. The maximum atomic E-state index is 13.5. The standard InChI is InChI=1S/C13H11F3N4/c1-6-4-8(7-2-3-7)18-13(17-6)19-9-5-10(14)20-12(16)11(9)15/h4-5,7H,2-3H2,1H3,(H,17,18,19,20). The summed E-state index contributed by atoms with van der Waals surface area (Å²) in [5, 5.41) is 2.50. The SMILES string of the molecule is Cc1cc(C2CC2)nc(Nc2cc(F)nc(F)c2F)n1. The first kappa shape index (κ1) is 12.8. The van der Waals surface area contributed by atoms with Gasteiger partial charge in [-0.2, -0.15) is 18.2 Å². The zero-order valence-electron chi connectivity index (χ0n) is 10.6. The summed E-state index contributed by atoms with van der Waals surface area (Å²) in [6.07, 6.45) is 2.12. The van der Waals surface area contributed by atoms with E-state index in [4.69, 9.17) is 0 Å². The Morgan fingerprint density at radius 2 is 1.85 bits per heavy atom. The second-order valence-corrected chi connectivity index (χ2v) is 4.75. The molecule has 2 aromatic rings. The smallest absolute Gasteiger partial charge is 0.253 e. The van der Waals surface area contributed by atoms with E-state index in [9.17, 15) is 13.2 Å². The molecule has 0 spiro atoms. The van der Waals surface area contributed by atoms with Crippen molar-refractivity contribution in [1.29, 1.82) is 0 Å². The molecule has 0 atom stereocenters. The highest BCUT2D eigenvalue weighted by Gasteiger charge is 2.26. The van der Waals surface area contributed by atoms with Crippen LogP contribution in [-0.2, 0) is 0 Å². The highest BCUT2D eigenvalue weighted by molar-refractivity contribution is 5.53. The summed E-state index contributed by atoms with van der Waals surface area (Å²) in [6, 6.07) is 2.62. The summed E-state index contributed by atoms with van der Waals surface area (Å²) in [6.45, 7) is 1.78. The van der Waals surface area contributed by atoms with Gasteiger partial charge in [0.25, 0.3) is 5.95 Å². The number of aromatic nitrogens is 3. The van der Waals surface area contributed by atoms with Gasteiger partial charge in [-0.05, 0) is 25.8 Å². The highest BCUT2D eigenvalue weighted by Crippen LogP contribution is 2.39. The van der Waals surface area contributed by atoms with Crippen molar-refractivity contribution in [2.75, 3.05) is 5.32 Å². The van der Waals surface area contributed by atoms with E-state index in [0.29, 0.717) is 11.6 Å². The quantitative estimate of drug-likeness (QED) is 0.877. The monoisotopic (exact) mass is 280 g/mol. The average Bonchev–Trinajstić information content (AvgIpc) is 3.18. The lowest BCUT2D eigenvalue weighted by atomic mass is 10.2. The van der Waals surface area contributed by atoms with Gasteiger partial charge in [0.1, 0.15) is 0 Å². The van der Waals surface area contributed by atoms with Crippen LogP contribution in [0.2, 0.25) is 0 Å². The highest BCUT2D eigenvalue weighted by atomic mass is 19.2. The van der Waals surface area contributed by atoms with Crippen LogP contribution in [0, 0.1) is 24.6 Å². The van der Waals surface area contributed by atoms with Crippen LogP contribution in [0.25, 0.3) is 0 Å². The Labute approximate surface area is 113 Å². The molecule has 2 heterocycles. The topological polar surface area (TPSA) is 50.7 Å². The van der Waals surface area contributed by atoms with Crippen LogP contribution in [0.15, 0.2) is 12.1 Å². The summed E-state index contributed by atoms with van der Waals surface area (Å²) in [4.78, 5) is 11.1. The van der Waals surface area contributed by atoms with E-state index in [-0.39, 0.29) is 11.6 Å². The van der Waals surface area contributed by atoms with E-state index in [0.717, 1.165) is 24.6 Å². The molecule has 1 saturated carbocycles. The first-order valence-corrected chi connectivity index (χ1v) is 6.17. The first-order chi connectivity index (χ1) is 9.52. The van der Waals surface area contributed by atoms with Crippen molar-refractivity contribution in [2.45, 2.75) is 25.7 Å². The summed E-state index contributed by atoms with van der Waals surface area (Å²) in [5.41, 5.74) is 1.19. The van der Waals surface area contributed by atoms with Crippen molar-refractivity contribution in [2.24, 2.45) is 0 Å². The van der Waals surface area contributed by atoms with Crippen LogP contribution < -0.4 is 5.32 Å². The Balaban J connectivity index is 1.95. The minimum atomic E-state index is -1.50. The number of anilines is 2. The first-order valence-electron chi connectivity index (χ1n) is 6.17. The maximum Gasteiger partial charge on any atom is 0.253 e. The normalized spacial score (nSPS) is 14.4. The van der Waals surface area contributed by atoms with Gasteiger partial charge in [-0.25, -0.2) is 9.97 Å². The third-order valence-electron chi connectivity index (χ3n) is 3.00. The van der Waals surface area contributed by atoms with Gasteiger partial charge >= 0.3 is 0 Å². The molecular weight excluding hydrogens is 269 g/mol. The molecule has 20 heavy (non-hydrogen) atoms. The van der Waals surface area contributed by atoms with E-state index in [1.54, 1.807) is 6.92 Å². The molecule has 1 aliphatic carbocycles. The molecule has 1 aliphatic rings. The van der Waals surface area contributed by atoms with Gasteiger partial charge < -0.3 is 5.32 Å². The van der Waals surface area contributed by atoms with Gasteiger partial charge in [-0.1, -0.05) is 0 Å². The van der Waals surface area contributed by atoms with Crippen LogP contribution >= 0.6 is 0 Å². The molecule has 4 nitrogen and oxygen atoms in total. The van der Waals surface area contributed by atoms with Crippen LogP contribution in [0.4, 0.5) is 24.8 Å². The number of hydrogen-bond donors (Lipinski definition) is 1. The van der Waals surface area contributed by atoms with Crippen molar-refractivity contribution in [3.63, 3.8) is 0 Å². The summed E-state index contributed by atoms with van der Waals surface area (Å²) in [7, 11) is 0. The lowest BCUT2D eigenvalue weighted by Crippen LogP contribution is -2.05. The maximum absolute atomic E-state index is 13.5. The van der Waals surface area contributed by atoms with Gasteiger partial charge in [0.15, 0.2) is 0 Å². The molecule has 104 valence electrons. The molecule has 7 heteroatoms. The molecule has 0 aromatic carbocycles. The number of nitrogens with zero attached hydrogens (tertiary/aromatic N) is 3. The number of halogens is 3. The third kappa shape index (κ3) is 2.56.